The van der Waals surface area contributed by atoms with Crippen LogP contribution in [0.3, 0.4) is 0 Å². The number of halogens is 1. The summed E-state index contributed by atoms with van der Waals surface area (Å²) in [6, 6.07) is 12.2. The second-order valence-electron chi connectivity index (χ2n) is 6.11. The smallest absolute Gasteiger partial charge is 0.243 e. The predicted molar refractivity (Wildman–Crippen MR) is 90.6 cm³/mol. The van der Waals surface area contributed by atoms with Crippen LogP contribution in [0, 0.1) is 5.82 Å². The van der Waals surface area contributed by atoms with Gasteiger partial charge in [0.25, 0.3) is 0 Å². The summed E-state index contributed by atoms with van der Waals surface area (Å²) in [5, 5.41) is 7.36. The van der Waals surface area contributed by atoms with Crippen LogP contribution in [0.1, 0.15) is 30.0 Å². The topological polar surface area (TPSA) is 60.2 Å². The molecule has 0 bridgehead atoms. The van der Waals surface area contributed by atoms with Crippen LogP contribution in [0.4, 0.5) is 4.39 Å². The second kappa shape index (κ2) is 6.64. The molecule has 0 saturated heterocycles. The molecule has 5 nitrogen and oxygen atoms in total. The molecule has 1 unspecified atom stereocenters. The molecule has 0 saturated carbocycles. The molecule has 1 N–H and O–H groups in total. The summed E-state index contributed by atoms with van der Waals surface area (Å²) in [7, 11) is 0. The summed E-state index contributed by atoms with van der Waals surface area (Å²) in [6.45, 7) is 3.43. The van der Waals surface area contributed by atoms with Gasteiger partial charge >= 0.3 is 0 Å². The van der Waals surface area contributed by atoms with Crippen LogP contribution in [0.5, 0.6) is 5.75 Å². The number of nitrogens with one attached hydrogen (secondary N) is 1. The summed E-state index contributed by atoms with van der Waals surface area (Å²) in [5.74, 6) is 1.65. The summed E-state index contributed by atoms with van der Waals surface area (Å²) in [4.78, 5) is 4.40. The Morgan fingerprint density at radius 1 is 1.20 bits per heavy atom. The van der Waals surface area contributed by atoms with Crippen molar-refractivity contribution in [3.05, 3.63) is 65.3 Å². The van der Waals surface area contributed by atoms with Gasteiger partial charge in [0.2, 0.25) is 11.7 Å². The zero-order chi connectivity index (χ0) is 17.2. The Morgan fingerprint density at radius 3 is 2.88 bits per heavy atom. The Balaban J connectivity index is 1.41. The van der Waals surface area contributed by atoms with Crippen LogP contribution < -0.4 is 10.1 Å². The van der Waals surface area contributed by atoms with Gasteiger partial charge in [-0.2, -0.15) is 4.98 Å². The van der Waals surface area contributed by atoms with Gasteiger partial charge in [0.15, 0.2) is 0 Å². The zero-order valence-corrected chi connectivity index (χ0v) is 13.8. The monoisotopic (exact) mass is 339 g/mol. The summed E-state index contributed by atoms with van der Waals surface area (Å²) >= 11 is 0. The fraction of sp³-hybridized carbons (Fsp3) is 0.263. The number of ether oxygens (including phenoxy) is 1. The number of rotatable bonds is 5. The molecule has 1 aliphatic rings. The molecule has 2 heterocycles. The quantitative estimate of drug-likeness (QED) is 0.769. The minimum absolute atomic E-state index is 0.0915. The first-order valence-electron chi connectivity index (χ1n) is 8.26. The normalized spacial score (nSPS) is 14.2. The summed E-state index contributed by atoms with van der Waals surface area (Å²) in [6.07, 6.45) is 0.962. The van der Waals surface area contributed by atoms with Crippen molar-refractivity contribution in [2.75, 3.05) is 6.61 Å². The third-order valence-corrected chi connectivity index (χ3v) is 4.28. The van der Waals surface area contributed by atoms with E-state index in [9.17, 15) is 4.39 Å². The third-order valence-electron chi connectivity index (χ3n) is 4.28. The maximum atomic E-state index is 13.0. The molecule has 6 heteroatoms. The Hall–Kier alpha value is -2.73. The van der Waals surface area contributed by atoms with Crippen molar-refractivity contribution in [1.29, 1.82) is 0 Å². The lowest BCUT2D eigenvalue weighted by Gasteiger charge is -2.10. The lowest BCUT2D eigenvalue weighted by molar-refractivity contribution is 0.339. The van der Waals surface area contributed by atoms with Crippen molar-refractivity contribution in [3.8, 4) is 17.1 Å². The number of benzene rings is 2. The Labute approximate surface area is 144 Å². The minimum Gasteiger partial charge on any atom is -0.493 e. The first-order valence-corrected chi connectivity index (χ1v) is 8.26. The van der Waals surface area contributed by atoms with E-state index < -0.39 is 0 Å². The summed E-state index contributed by atoms with van der Waals surface area (Å²) < 4.78 is 23.9. The number of hydrogen-bond donors (Lipinski definition) is 1. The van der Waals surface area contributed by atoms with E-state index >= 15 is 0 Å². The molecule has 1 atom stereocenters. The van der Waals surface area contributed by atoms with E-state index in [4.69, 9.17) is 9.26 Å². The van der Waals surface area contributed by atoms with Gasteiger partial charge in [-0.15, -0.1) is 0 Å². The number of aromatic nitrogens is 2. The highest BCUT2D eigenvalue weighted by Crippen LogP contribution is 2.26. The standard InChI is InChI=1S/C19H18FN3O2/c1-12(21-11-13-2-7-17-15(10-13)8-9-24-17)19-22-18(23-25-19)14-3-5-16(20)6-4-14/h2-7,10,12,21H,8-9,11H2,1H3. The lowest BCUT2D eigenvalue weighted by atomic mass is 10.1. The number of nitrogens with zero attached hydrogens (tertiary/aromatic N) is 2. The highest BCUT2D eigenvalue weighted by molar-refractivity contribution is 5.53. The molecule has 0 radical (unpaired) electrons. The van der Waals surface area contributed by atoms with Crippen LogP contribution in [0.25, 0.3) is 11.4 Å². The van der Waals surface area contributed by atoms with E-state index in [1.54, 1.807) is 12.1 Å². The van der Waals surface area contributed by atoms with Gasteiger partial charge in [0.1, 0.15) is 11.6 Å². The van der Waals surface area contributed by atoms with E-state index in [2.05, 4.69) is 27.6 Å². The predicted octanol–water partition coefficient (Wildman–Crippen LogP) is 3.66. The van der Waals surface area contributed by atoms with Gasteiger partial charge in [-0.3, -0.25) is 0 Å². The second-order valence-corrected chi connectivity index (χ2v) is 6.11. The highest BCUT2D eigenvalue weighted by Gasteiger charge is 2.16. The van der Waals surface area contributed by atoms with E-state index in [0.29, 0.717) is 18.3 Å². The first-order chi connectivity index (χ1) is 12.2. The lowest BCUT2D eigenvalue weighted by Crippen LogP contribution is -2.18. The molecular formula is C19H18FN3O2. The van der Waals surface area contributed by atoms with Gasteiger partial charge in [-0.1, -0.05) is 17.3 Å². The minimum atomic E-state index is -0.290. The fourth-order valence-electron chi connectivity index (χ4n) is 2.84. The molecule has 1 aliphatic heterocycles. The van der Waals surface area contributed by atoms with Crippen LogP contribution in [-0.4, -0.2) is 16.7 Å². The maximum Gasteiger partial charge on any atom is 0.243 e. The number of hydrogen-bond acceptors (Lipinski definition) is 5. The van der Waals surface area contributed by atoms with Crippen molar-refractivity contribution in [2.24, 2.45) is 0 Å². The van der Waals surface area contributed by atoms with Crippen molar-refractivity contribution < 1.29 is 13.7 Å². The molecule has 2 aromatic carbocycles. The Kier molecular flexibility index (Phi) is 4.19. The summed E-state index contributed by atoms with van der Waals surface area (Å²) in [5.41, 5.74) is 3.17. The molecule has 3 aromatic rings. The maximum absolute atomic E-state index is 13.0. The molecule has 25 heavy (non-hydrogen) atoms. The third kappa shape index (κ3) is 3.39. The molecule has 0 aliphatic carbocycles. The van der Waals surface area contributed by atoms with Crippen molar-refractivity contribution in [1.82, 2.24) is 15.5 Å². The molecular weight excluding hydrogens is 321 g/mol. The van der Waals surface area contributed by atoms with Gasteiger partial charge in [-0.25, -0.2) is 4.39 Å². The van der Waals surface area contributed by atoms with Gasteiger partial charge < -0.3 is 14.6 Å². The zero-order valence-electron chi connectivity index (χ0n) is 13.8. The Bertz CT molecular complexity index is 877. The van der Waals surface area contributed by atoms with E-state index in [1.165, 1.54) is 23.3 Å². The van der Waals surface area contributed by atoms with Crippen LogP contribution in [0.15, 0.2) is 47.0 Å². The van der Waals surface area contributed by atoms with E-state index in [1.807, 2.05) is 13.0 Å². The average molecular weight is 339 g/mol. The van der Waals surface area contributed by atoms with Crippen molar-refractivity contribution >= 4 is 0 Å². The molecule has 1 aromatic heterocycles. The van der Waals surface area contributed by atoms with Gasteiger partial charge in [0, 0.05) is 18.5 Å². The van der Waals surface area contributed by atoms with Crippen LogP contribution in [0.2, 0.25) is 0 Å². The molecule has 0 spiro atoms. The van der Waals surface area contributed by atoms with Crippen LogP contribution >= 0.6 is 0 Å². The molecule has 0 fully saturated rings. The Morgan fingerprint density at radius 2 is 2.04 bits per heavy atom. The van der Waals surface area contributed by atoms with Gasteiger partial charge in [0.05, 0.1) is 12.6 Å². The largest absolute Gasteiger partial charge is 0.493 e. The van der Waals surface area contributed by atoms with Crippen LogP contribution in [-0.2, 0) is 13.0 Å². The molecule has 128 valence electrons. The number of fused-ring (bicyclic) bond motifs is 1. The average Bonchev–Trinajstić information content (AvgIpc) is 3.29. The van der Waals surface area contributed by atoms with Crippen molar-refractivity contribution in [3.63, 3.8) is 0 Å². The van der Waals surface area contributed by atoms with E-state index in [-0.39, 0.29) is 11.9 Å². The van der Waals surface area contributed by atoms with Gasteiger partial charge in [-0.05, 0) is 48.4 Å². The van der Waals surface area contributed by atoms with Crippen molar-refractivity contribution in [2.45, 2.75) is 25.9 Å². The molecule has 4 rings (SSSR count). The highest BCUT2D eigenvalue weighted by atomic mass is 19.1. The SMILES string of the molecule is CC(NCc1ccc2c(c1)CCO2)c1nc(-c2ccc(F)cc2)no1. The first kappa shape index (κ1) is 15.8. The molecule has 0 amide bonds. The van der Waals surface area contributed by atoms with E-state index in [0.717, 1.165) is 24.3 Å². The fourth-order valence-corrected chi connectivity index (χ4v) is 2.84.